The molecule has 0 spiro atoms. The average molecular weight is 312 g/mol. The highest BCUT2D eigenvalue weighted by molar-refractivity contribution is 5.93. The molecule has 0 unspecified atom stereocenters. The maximum atomic E-state index is 4.78. The van der Waals surface area contributed by atoms with E-state index >= 15 is 0 Å². The molecular weight excluding hydrogens is 300 g/mol. The topological polar surface area (TPSA) is 83.1 Å². The molecule has 0 saturated heterocycles. The first-order valence-electron chi connectivity index (χ1n) is 7.58. The van der Waals surface area contributed by atoms with Gasteiger partial charge in [-0.1, -0.05) is 0 Å². The SMILES string of the molecule is c1cncc(-c2ccc3[nH]nc(-c4cc5cccnc5[nH]4)c3n2)c1. The summed E-state index contributed by atoms with van der Waals surface area (Å²) in [5.41, 5.74) is 6.08. The molecule has 24 heavy (non-hydrogen) atoms. The van der Waals surface area contributed by atoms with Crippen LogP contribution in [0.25, 0.3) is 44.7 Å². The lowest BCUT2D eigenvalue weighted by Gasteiger charge is -2.00. The van der Waals surface area contributed by atoms with E-state index in [4.69, 9.17) is 4.98 Å². The van der Waals surface area contributed by atoms with Crippen LogP contribution in [0, 0.1) is 0 Å². The summed E-state index contributed by atoms with van der Waals surface area (Å²) in [5.74, 6) is 0. The lowest BCUT2D eigenvalue weighted by atomic mass is 10.1. The van der Waals surface area contributed by atoms with Gasteiger partial charge in [-0.15, -0.1) is 0 Å². The summed E-state index contributed by atoms with van der Waals surface area (Å²) in [6.45, 7) is 0. The lowest BCUT2D eigenvalue weighted by molar-refractivity contribution is 1.12. The molecule has 114 valence electrons. The summed E-state index contributed by atoms with van der Waals surface area (Å²) in [6, 6.07) is 13.8. The number of aromatic amines is 2. The standard InChI is InChI=1S/C18H12N6/c1-4-12(10-19-7-1)13-5-6-14-16(21-13)17(24-23-14)15-9-11-3-2-8-20-18(11)22-15/h1-10H,(H,20,22)(H,23,24). The van der Waals surface area contributed by atoms with Gasteiger partial charge in [0.1, 0.15) is 16.9 Å². The van der Waals surface area contributed by atoms with E-state index in [2.05, 4.69) is 25.1 Å². The van der Waals surface area contributed by atoms with Gasteiger partial charge in [0.25, 0.3) is 0 Å². The molecule has 0 amide bonds. The van der Waals surface area contributed by atoms with E-state index in [0.717, 1.165) is 44.7 Å². The van der Waals surface area contributed by atoms with Crippen molar-refractivity contribution < 1.29 is 0 Å². The number of H-pyrrole nitrogens is 2. The molecule has 5 aromatic rings. The van der Waals surface area contributed by atoms with Gasteiger partial charge >= 0.3 is 0 Å². The van der Waals surface area contributed by atoms with E-state index in [9.17, 15) is 0 Å². The molecule has 0 saturated carbocycles. The van der Waals surface area contributed by atoms with Gasteiger partial charge in [-0.05, 0) is 42.5 Å². The van der Waals surface area contributed by atoms with Crippen LogP contribution in [0.2, 0.25) is 0 Å². The largest absolute Gasteiger partial charge is 0.338 e. The number of fused-ring (bicyclic) bond motifs is 2. The maximum absolute atomic E-state index is 4.78. The minimum Gasteiger partial charge on any atom is -0.338 e. The fourth-order valence-electron chi connectivity index (χ4n) is 2.85. The highest BCUT2D eigenvalue weighted by atomic mass is 15.1. The molecule has 0 bridgehead atoms. The van der Waals surface area contributed by atoms with Crippen molar-refractivity contribution in [2.24, 2.45) is 0 Å². The second-order valence-electron chi connectivity index (χ2n) is 5.53. The number of nitrogens with one attached hydrogen (secondary N) is 2. The van der Waals surface area contributed by atoms with Crippen LogP contribution in [0.1, 0.15) is 0 Å². The predicted molar refractivity (Wildman–Crippen MR) is 92.2 cm³/mol. The van der Waals surface area contributed by atoms with Crippen LogP contribution in [0.5, 0.6) is 0 Å². The Labute approximate surface area is 136 Å². The summed E-state index contributed by atoms with van der Waals surface area (Å²) >= 11 is 0. The van der Waals surface area contributed by atoms with E-state index in [1.807, 2.05) is 42.5 Å². The molecule has 6 heteroatoms. The molecular formula is C18H12N6. The molecule has 0 aliphatic carbocycles. The number of hydrogen-bond donors (Lipinski definition) is 2. The Morgan fingerprint density at radius 3 is 2.79 bits per heavy atom. The van der Waals surface area contributed by atoms with E-state index in [-0.39, 0.29) is 0 Å². The molecule has 0 aliphatic rings. The van der Waals surface area contributed by atoms with Crippen molar-refractivity contribution in [2.45, 2.75) is 0 Å². The third-order valence-electron chi connectivity index (χ3n) is 4.01. The Hall–Kier alpha value is -3.54. The van der Waals surface area contributed by atoms with Gasteiger partial charge in [-0.3, -0.25) is 10.1 Å². The van der Waals surface area contributed by atoms with Gasteiger partial charge in [0.2, 0.25) is 0 Å². The third kappa shape index (κ3) is 1.97. The molecule has 6 nitrogen and oxygen atoms in total. The highest BCUT2D eigenvalue weighted by Gasteiger charge is 2.13. The second kappa shape index (κ2) is 4.99. The zero-order valence-corrected chi connectivity index (χ0v) is 12.6. The monoisotopic (exact) mass is 312 g/mol. The van der Waals surface area contributed by atoms with Gasteiger partial charge < -0.3 is 4.98 Å². The van der Waals surface area contributed by atoms with Crippen molar-refractivity contribution in [3.05, 3.63) is 61.1 Å². The predicted octanol–water partition coefficient (Wildman–Crippen LogP) is 3.56. The average Bonchev–Trinajstić information content (AvgIpc) is 3.25. The molecule has 5 heterocycles. The summed E-state index contributed by atoms with van der Waals surface area (Å²) in [6.07, 6.45) is 5.33. The van der Waals surface area contributed by atoms with Crippen LogP contribution in [0.3, 0.4) is 0 Å². The summed E-state index contributed by atoms with van der Waals surface area (Å²) in [5, 5.41) is 8.52. The van der Waals surface area contributed by atoms with Crippen molar-refractivity contribution in [2.75, 3.05) is 0 Å². The van der Waals surface area contributed by atoms with Gasteiger partial charge in [0.15, 0.2) is 0 Å². The van der Waals surface area contributed by atoms with Gasteiger partial charge in [-0.25, -0.2) is 9.97 Å². The second-order valence-corrected chi connectivity index (χ2v) is 5.53. The summed E-state index contributed by atoms with van der Waals surface area (Å²) in [7, 11) is 0. The van der Waals surface area contributed by atoms with E-state index in [1.165, 1.54) is 0 Å². The molecule has 0 radical (unpaired) electrons. The molecule has 5 rings (SSSR count). The van der Waals surface area contributed by atoms with Crippen molar-refractivity contribution >= 4 is 22.1 Å². The number of rotatable bonds is 2. The van der Waals surface area contributed by atoms with Crippen LogP contribution in [0.4, 0.5) is 0 Å². The first-order valence-corrected chi connectivity index (χ1v) is 7.58. The Morgan fingerprint density at radius 2 is 1.92 bits per heavy atom. The lowest BCUT2D eigenvalue weighted by Crippen LogP contribution is -1.86. The van der Waals surface area contributed by atoms with Crippen molar-refractivity contribution in [1.82, 2.24) is 30.1 Å². The Bertz CT molecular complexity index is 1120. The van der Waals surface area contributed by atoms with Crippen LogP contribution in [-0.4, -0.2) is 30.1 Å². The molecule has 5 aromatic heterocycles. The molecule has 0 fully saturated rings. The number of nitrogens with zero attached hydrogens (tertiary/aromatic N) is 4. The molecule has 2 N–H and O–H groups in total. The summed E-state index contributed by atoms with van der Waals surface area (Å²) < 4.78 is 0. The third-order valence-corrected chi connectivity index (χ3v) is 4.01. The van der Waals surface area contributed by atoms with E-state index in [1.54, 1.807) is 18.6 Å². The molecule has 0 aliphatic heterocycles. The number of hydrogen-bond acceptors (Lipinski definition) is 4. The zero-order chi connectivity index (χ0) is 15.9. The Balaban J connectivity index is 1.71. The van der Waals surface area contributed by atoms with Crippen LogP contribution in [-0.2, 0) is 0 Å². The zero-order valence-electron chi connectivity index (χ0n) is 12.6. The van der Waals surface area contributed by atoms with Crippen LogP contribution in [0.15, 0.2) is 61.1 Å². The smallest absolute Gasteiger partial charge is 0.137 e. The highest BCUT2D eigenvalue weighted by Crippen LogP contribution is 2.28. The normalized spacial score (nSPS) is 11.3. The minimum absolute atomic E-state index is 0.786. The first kappa shape index (κ1) is 13.0. The minimum atomic E-state index is 0.786. The van der Waals surface area contributed by atoms with Gasteiger partial charge in [-0.2, -0.15) is 5.10 Å². The van der Waals surface area contributed by atoms with Crippen molar-refractivity contribution in [3.8, 4) is 22.6 Å². The van der Waals surface area contributed by atoms with Crippen molar-refractivity contribution in [3.63, 3.8) is 0 Å². The van der Waals surface area contributed by atoms with Crippen molar-refractivity contribution in [1.29, 1.82) is 0 Å². The number of pyridine rings is 3. The molecule has 0 atom stereocenters. The fourth-order valence-corrected chi connectivity index (χ4v) is 2.85. The first-order chi connectivity index (χ1) is 11.9. The van der Waals surface area contributed by atoms with Gasteiger partial charge in [0, 0.05) is 29.5 Å². The molecule has 0 aromatic carbocycles. The summed E-state index contributed by atoms with van der Waals surface area (Å²) in [4.78, 5) is 16.6. The Kier molecular flexibility index (Phi) is 2.69. The Morgan fingerprint density at radius 1 is 0.958 bits per heavy atom. The van der Waals surface area contributed by atoms with Gasteiger partial charge in [0.05, 0.1) is 16.9 Å². The fraction of sp³-hybridized carbons (Fsp3) is 0. The van der Waals surface area contributed by atoms with Crippen LogP contribution < -0.4 is 0 Å². The maximum Gasteiger partial charge on any atom is 0.137 e. The van der Waals surface area contributed by atoms with E-state index < -0.39 is 0 Å². The quantitative estimate of drug-likeness (QED) is 0.522. The van der Waals surface area contributed by atoms with Crippen LogP contribution >= 0.6 is 0 Å². The van der Waals surface area contributed by atoms with E-state index in [0.29, 0.717) is 0 Å². The number of aromatic nitrogens is 6.